The number of ether oxygens (including phenoxy) is 2. The molecule has 0 aliphatic carbocycles. The molecular formula is C23H13ClN2O5S3. The molecule has 0 unspecified atom stereocenters. The van der Waals surface area contributed by atoms with Crippen LogP contribution in [0.3, 0.4) is 0 Å². The van der Waals surface area contributed by atoms with Gasteiger partial charge in [0.05, 0.1) is 20.4 Å². The van der Waals surface area contributed by atoms with Crippen LogP contribution in [0.4, 0.5) is 11.4 Å². The SMILES string of the molecule is O=C1/C(=C/c2ccc(Sc3ccc(Cl)cc3)c([N+](=O)[O-])c2)SC(=S)N1c1ccc2c(c1)OCO2. The van der Waals surface area contributed by atoms with E-state index in [1.165, 1.54) is 22.7 Å². The Kier molecular flexibility index (Phi) is 6.22. The molecule has 0 radical (unpaired) electrons. The second-order valence-corrected chi connectivity index (χ2v) is 10.3. The highest BCUT2D eigenvalue weighted by Gasteiger charge is 2.34. The number of thioether (sulfide) groups is 1. The minimum atomic E-state index is -0.437. The van der Waals surface area contributed by atoms with Crippen molar-refractivity contribution in [2.45, 2.75) is 9.79 Å². The third-order valence-corrected chi connectivity index (χ3v) is 7.55. The lowest BCUT2D eigenvalue weighted by atomic mass is 10.2. The topological polar surface area (TPSA) is 81.9 Å². The van der Waals surface area contributed by atoms with Gasteiger partial charge in [0, 0.05) is 22.1 Å². The van der Waals surface area contributed by atoms with Crippen LogP contribution in [0.15, 0.2) is 75.4 Å². The molecule has 3 aromatic rings. The number of thiocarbonyl (C=S) groups is 1. The Labute approximate surface area is 212 Å². The van der Waals surface area contributed by atoms with E-state index in [0.29, 0.717) is 41.9 Å². The van der Waals surface area contributed by atoms with Crippen LogP contribution in [0.1, 0.15) is 5.56 Å². The number of hydrogen-bond donors (Lipinski definition) is 0. The number of halogens is 1. The summed E-state index contributed by atoms with van der Waals surface area (Å²) in [7, 11) is 0. The summed E-state index contributed by atoms with van der Waals surface area (Å²) >= 11 is 13.7. The maximum atomic E-state index is 13.1. The van der Waals surface area contributed by atoms with E-state index in [9.17, 15) is 14.9 Å². The molecule has 0 aromatic heterocycles. The molecule has 2 heterocycles. The van der Waals surface area contributed by atoms with Crippen molar-refractivity contribution in [1.29, 1.82) is 0 Å². The summed E-state index contributed by atoms with van der Waals surface area (Å²) in [5, 5.41) is 12.3. The Morgan fingerprint density at radius 1 is 1.09 bits per heavy atom. The number of carbonyl (C=O) groups is 1. The van der Waals surface area contributed by atoms with Gasteiger partial charge in [0.1, 0.15) is 0 Å². The molecule has 11 heteroatoms. The molecule has 7 nitrogen and oxygen atoms in total. The zero-order chi connectivity index (χ0) is 23.8. The third kappa shape index (κ3) is 4.49. The zero-order valence-electron chi connectivity index (χ0n) is 17.1. The molecule has 0 bridgehead atoms. The van der Waals surface area contributed by atoms with E-state index in [4.69, 9.17) is 33.3 Å². The number of hydrogen-bond acceptors (Lipinski definition) is 8. The minimum absolute atomic E-state index is 0.0556. The zero-order valence-corrected chi connectivity index (χ0v) is 20.3. The van der Waals surface area contributed by atoms with Crippen LogP contribution in [-0.4, -0.2) is 21.9 Å². The number of anilines is 1. The van der Waals surface area contributed by atoms with Gasteiger partial charge in [-0.05, 0) is 54.1 Å². The van der Waals surface area contributed by atoms with Gasteiger partial charge in [-0.1, -0.05) is 53.4 Å². The molecule has 34 heavy (non-hydrogen) atoms. The summed E-state index contributed by atoms with van der Waals surface area (Å²) in [5.74, 6) is 0.838. The first kappa shape index (κ1) is 22.7. The van der Waals surface area contributed by atoms with Gasteiger partial charge in [-0.15, -0.1) is 0 Å². The fraction of sp³-hybridized carbons (Fsp3) is 0.0435. The number of nitrogens with zero attached hydrogens (tertiary/aromatic N) is 2. The summed E-state index contributed by atoms with van der Waals surface area (Å²) < 4.78 is 11.1. The summed E-state index contributed by atoms with van der Waals surface area (Å²) in [6.07, 6.45) is 1.61. The molecule has 170 valence electrons. The highest BCUT2D eigenvalue weighted by atomic mass is 35.5. The van der Waals surface area contributed by atoms with E-state index >= 15 is 0 Å². The average molecular weight is 529 g/mol. The molecule has 1 saturated heterocycles. The van der Waals surface area contributed by atoms with Crippen LogP contribution < -0.4 is 14.4 Å². The van der Waals surface area contributed by atoms with Crippen molar-refractivity contribution in [2.24, 2.45) is 0 Å². The Morgan fingerprint density at radius 2 is 1.85 bits per heavy atom. The Morgan fingerprint density at radius 3 is 2.62 bits per heavy atom. The third-order valence-electron chi connectivity index (χ3n) is 4.93. The van der Waals surface area contributed by atoms with Crippen molar-refractivity contribution >= 4 is 75.0 Å². The maximum absolute atomic E-state index is 13.1. The Bertz CT molecular complexity index is 1380. The van der Waals surface area contributed by atoms with Gasteiger partial charge in [-0.2, -0.15) is 0 Å². The lowest BCUT2D eigenvalue weighted by Crippen LogP contribution is -2.27. The van der Waals surface area contributed by atoms with Crippen molar-refractivity contribution in [1.82, 2.24) is 0 Å². The Balaban J connectivity index is 1.42. The molecule has 0 atom stereocenters. The van der Waals surface area contributed by atoms with Crippen molar-refractivity contribution in [3.05, 3.63) is 86.3 Å². The molecule has 1 amide bonds. The molecule has 0 saturated carbocycles. The number of carbonyl (C=O) groups excluding carboxylic acids is 1. The van der Waals surface area contributed by atoms with E-state index in [-0.39, 0.29) is 18.4 Å². The number of nitro groups is 1. The normalized spacial score (nSPS) is 15.9. The van der Waals surface area contributed by atoms with Gasteiger partial charge in [0.15, 0.2) is 15.8 Å². The number of amides is 1. The van der Waals surface area contributed by atoms with Crippen molar-refractivity contribution in [3.8, 4) is 11.5 Å². The summed E-state index contributed by atoms with van der Waals surface area (Å²) in [5.41, 5.74) is 1.04. The van der Waals surface area contributed by atoms with Gasteiger partial charge in [-0.25, -0.2) is 0 Å². The van der Waals surface area contributed by atoms with Gasteiger partial charge in [0.25, 0.3) is 11.6 Å². The monoisotopic (exact) mass is 528 g/mol. The number of fused-ring (bicyclic) bond motifs is 1. The molecular weight excluding hydrogens is 516 g/mol. The highest BCUT2D eigenvalue weighted by Crippen LogP contribution is 2.41. The molecule has 1 fully saturated rings. The van der Waals surface area contributed by atoms with Gasteiger partial charge < -0.3 is 9.47 Å². The smallest absolute Gasteiger partial charge is 0.283 e. The van der Waals surface area contributed by atoms with E-state index in [2.05, 4.69) is 0 Å². The van der Waals surface area contributed by atoms with E-state index in [0.717, 1.165) is 16.7 Å². The largest absolute Gasteiger partial charge is 0.454 e. The maximum Gasteiger partial charge on any atom is 0.283 e. The highest BCUT2D eigenvalue weighted by molar-refractivity contribution is 8.27. The standard InChI is InChI=1S/C23H13ClN2O5S3/c24-14-2-5-16(6-3-14)33-20-8-1-13(9-17(20)26(28)29)10-21-22(27)25(23(32)34-21)15-4-7-18-19(11-15)31-12-30-18/h1-11H,12H2/b21-10-. The lowest BCUT2D eigenvalue weighted by molar-refractivity contribution is -0.387. The first-order chi connectivity index (χ1) is 16.4. The molecule has 0 N–H and O–H groups in total. The number of rotatable bonds is 5. The lowest BCUT2D eigenvalue weighted by Gasteiger charge is -2.14. The molecule has 2 aliphatic heterocycles. The van der Waals surface area contributed by atoms with Crippen LogP contribution in [0.2, 0.25) is 5.02 Å². The number of nitro benzene ring substituents is 1. The summed E-state index contributed by atoms with van der Waals surface area (Å²) in [4.78, 5) is 27.5. The van der Waals surface area contributed by atoms with Crippen LogP contribution in [-0.2, 0) is 4.79 Å². The molecule has 2 aliphatic rings. The molecule has 5 rings (SSSR count). The predicted molar refractivity (Wildman–Crippen MR) is 137 cm³/mol. The van der Waals surface area contributed by atoms with Crippen molar-refractivity contribution < 1.29 is 19.2 Å². The second kappa shape index (κ2) is 9.30. The van der Waals surface area contributed by atoms with Crippen LogP contribution in [0, 0.1) is 10.1 Å². The van der Waals surface area contributed by atoms with Gasteiger partial charge in [-0.3, -0.25) is 19.8 Å². The van der Waals surface area contributed by atoms with Crippen LogP contribution in [0.5, 0.6) is 11.5 Å². The fourth-order valence-corrected chi connectivity index (χ4v) is 5.67. The fourth-order valence-electron chi connectivity index (χ4n) is 3.35. The summed E-state index contributed by atoms with van der Waals surface area (Å²) in [6, 6.07) is 17.1. The minimum Gasteiger partial charge on any atom is -0.454 e. The predicted octanol–water partition coefficient (Wildman–Crippen LogP) is 6.53. The average Bonchev–Trinajstić information content (AvgIpc) is 3.39. The second-order valence-electron chi connectivity index (χ2n) is 7.09. The van der Waals surface area contributed by atoms with E-state index < -0.39 is 4.92 Å². The molecule has 0 spiro atoms. The van der Waals surface area contributed by atoms with Crippen molar-refractivity contribution in [3.63, 3.8) is 0 Å². The van der Waals surface area contributed by atoms with Gasteiger partial charge >= 0.3 is 0 Å². The van der Waals surface area contributed by atoms with Crippen LogP contribution >= 0.6 is 47.3 Å². The Hall–Kier alpha value is -3.05. The first-order valence-electron chi connectivity index (χ1n) is 9.78. The van der Waals surface area contributed by atoms with E-state index in [1.54, 1.807) is 60.7 Å². The van der Waals surface area contributed by atoms with Crippen LogP contribution in [0.25, 0.3) is 6.08 Å². The molecule has 3 aromatic carbocycles. The van der Waals surface area contributed by atoms with Crippen molar-refractivity contribution in [2.75, 3.05) is 11.7 Å². The number of benzene rings is 3. The van der Waals surface area contributed by atoms with E-state index in [1.807, 2.05) is 0 Å². The first-order valence-corrected chi connectivity index (χ1v) is 12.2. The van der Waals surface area contributed by atoms with Gasteiger partial charge in [0.2, 0.25) is 6.79 Å². The summed E-state index contributed by atoms with van der Waals surface area (Å²) in [6.45, 7) is 0.127. The quantitative estimate of drug-likeness (QED) is 0.160.